The van der Waals surface area contributed by atoms with Crippen molar-refractivity contribution in [3.63, 3.8) is 0 Å². The molecule has 0 radical (unpaired) electrons. The second-order valence-electron chi connectivity index (χ2n) is 13.7. The molecule has 6 atom stereocenters. The topological polar surface area (TPSA) is 170 Å². The molecule has 6 unspecified atom stereocenters. The zero-order valence-electron chi connectivity index (χ0n) is 28.1. The summed E-state index contributed by atoms with van der Waals surface area (Å²) >= 11 is 0. The van der Waals surface area contributed by atoms with Crippen LogP contribution in [0.5, 0.6) is 0 Å². The van der Waals surface area contributed by atoms with Crippen LogP contribution in [0.4, 0.5) is 0 Å². The van der Waals surface area contributed by atoms with Gasteiger partial charge in [0.15, 0.2) is 5.78 Å². The number of nitrogens with two attached hydrogens (primary N) is 2. The lowest BCUT2D eigenvalue weighted by molar-refractivity contribution is -0.167. The van der Waals surface area contributed by atoms with Crippen molar-refractivity contribution in [2.24, 2.45) is 28.7 Å². The third-order valence-corrected chi connectivity index (χ3v) is 10.4. The number of aliphatic hydroxyl groups excluding tert-OH is 4. The van der Waals surface area contributed by atoms with Crippen molar-refractivity contribution in [2.75, 3.05) is 13.2 Å². The maximum atomic E-state index is 13.7. The van der Waals surface area contributed by atoms with Gasteiger partial charge in [-0.05, 0) is 106 Å². The van der Waals surface area contributed by atoms with Crippen LogP contribution in [0.2, 0.25) is 0 Å². The predicted molar refractivity (Wildman–Crippen MR) is 183 cm³/mol. The molecule has 0 aliphatic heterocycles. The first-order chi connectivity index (χ1) is 21.7. The third kappa shape index (κ3) is 8.42. The molecule has 2 saturated carbocycles. The van der Waals surface area contributed by atoms with Gasteiger partial charge in [-0.25, -0.2) is 0 Å². The van der Waals surface area contributed by atoms with Crippen molar-refractivity contribution in [2.45, 2.75) is 103 Å². The molecule has 3 rings (SSSR count). The number of Topliss-reactive ketones (excluding diaryl/α,β-unsaturated/α-hetero) is 1. The minimum atomic E-state index is -1.24. The number of allylic oxidation sites excluding steroid dienone is 5. The highest BCUT2D eigenvalue weighted by Crippen LogP contribution is 2.63. The van der Waals surface area contributed by atoms with Crippen molar-refractivity contribution in [3.05, 3.63) is 94.1 Å². The van der Waals surface area contributed by atoms with Gasteiger partial charge in [-0.3, -0.25) is 4.79 Å². The molecule has 1 aromatic rings. The number of aliphatic hydroxyl groups is 5. The Labute approximate surface area is 274 Å². The summed E-state index contributed by atoms with van der Waals surface area (Å²) < 4.78 is 0. The monoisotopic (exact) mass is 636 g/mol. The van der Waals surface area contributed by atoms with E-state index >= 15 is 0 Å². The van der Waals surface area contributed by atoms with E-state index in [1.54, 1.807) is 25.2 Å². The highest BCUT2D eigenvalue weighted by Gasteiger charge is 2.64. The van der Waals surface area contributed by atoms with Gasteiger partial charge in [0, 0.05) is 24.4 Å². The Morgan fingerprint density at radius 1 is 1.17 bits per heavy atom. The van der Waals surface area contributed by atoms with Gasteiger partial charge < -0.3 is 37.0 Å². The highest BCUT2D eigenvalue weighted by molar-refractivity contribution is 5.97. The quantitative estimate of drug-likeness (QED) is 0.0679. The van der Waals surface area contributed by atoms with E-state index in [0.717, 1.165) is 22.3 Å². The second kappa shape index (κ2) is 16.4. The average molecular weight is 637 g/mol. The van der Waals surface area contributed by atoms with Crippen molar-refractivity contribution in [3.8, 4) is 0 Å². The first-order valence-electron chi connectivity index (χ1n) is 16.5. The third-order valence-electron chi connectivity index (χ3n) is 10.4. The zero-order chi connectivity index (χ0) is 34.2. The van der Waals surface area contributed by atoms with E-state index in [2.05, 4.69) is 6.58 Å². The van der Waals surface area contributed by atoms with Crippen molar-refractivity contribution < 1.29 is 30.3 Å². The number of hydrogen-bond donors (Lipinski definition) is 7. The smallest absolute Gasteiger partial charge is 0.162 e. The van der Waals surface area contributed by atoms with Crippen LogP contribution in [-0.4, -0.2) is 62.3 Å². The molecule has 8 nitrogen and oxygen atoms in total. The van der Waals surface area contributed by atoms with Gasteiger partial charge >= 0.3 is 0 Å². The Balaban J connectivity index is 1.95. The van der Waals surface area contributed by atoms with E-state index in [1.165, 1.54) is 0 Å². The normalized spacial score (nSPS) is 28.6. The molecule has 0 bridgehead atoms. The zero-order valence-corrected chi connectivity index (χ0v) is 28.1. The van der Waals surface area contributed by atoms with E-state index in [0.29, 0.717) is 61.7 Å². The van der Waals surface area contributed by atoms with Crippen LogP contribution in [0, 0.1) is 17.3 Å². The van der Waals surface area contributed by atoms with Crippen molar-refractivity contribution in [1.29, 1.82) is 0 Å². The van der Waals surface area contributed by atoms with Crippen molar-refractivity contribution >= 4 is 5.78 Å². The van der Waals surface area contributed by atoms with Crippen LogP contribution in [0.3, 0.4) is 0 Å². The molecule has 0 heterocycles. The number of carbonyl (C=O) groups is 1. The number of carbonyl (C=O) groups excluding carboxylic acids is 1. The predicted octanol–water partition coefficient (Wildman–Crippen LogP) is 4.47. The van der Waals surface area contributed by atoms with Gasteiger partial charge in [-0.1, -0.05) is 66.3 Å². The van der Waals surface area contributed by atoms with Gasteiger partial charge in [0.25, 0.3) is 0 Å². The van der Waals surface area contributed by atoms with E-state index in [4.69, 9.17) is 11.5 Å². The molecule has 46 heavy (non-hydrogen) atoms. The Kier molecular flexibility index (Phi) is 13.5. The van der Waals surface area contributed by atoms with Gasteiger partial charge in [-0.2, -0.15) is 0 Å². The minimum Gasteiger partial charge on any atom is -0.396 e. The summed E-state index contributed by atoms with van der Waals surface area (Å²) in [6.45, 7) is 11.2. The molecule has 2 fully saturated rings. The number of ketones is 1. The lowest BCUT2D eigenvalue weighted by Crippen LogP contribution is -2.59. The van der Waals surface area contributed by atoms with Gasteiger partial charge in [0.05, 0.1) is 30.6 Å². The van der Waals surface area contributed by atoms with Crippen LogP contribution in [-0.2, 0) is 11.2 Å². The SMILES string of the molecule is C=C(C=CC=C(CO)C1CCC2(C(CCCO)C(=C(C)C(=O)Cc3cccc(C(N)N)c3)CCC2(C)O)C1O)C(O)CC=C(C)C. The van der Waals surface area contributed by atoms with Crippen LogP contribution in [0.25, 0.3) is 0 Å². The fourth-order valence-electron chi connectivity index (χ4n) is 7.67. The maximum Gasteiger partial charge on any atom is 0.162 e. The van der Waals surface area contributed by atoms with Crippen molar-refractivity contribution in [1.82, 2.24) is 0 Å². The fraction of sp³-hybridized carbons (Fsp3) is 0.553. The molecule has 1 spiro atoms. The Morgan fingerprint density at radius 2 is 1.89 bits per heavy atom. The molecular weight excluding hydrogens is 580 g/mol. The molecule has 0 amide bonds. The number of rotatable bonds is 14. The summed E-state index contributed by atoms with van der Waals surface area (Å²) in [4.78, 5) is 13.7. The van der Waals surface area contributed by atoms with Crippen LogP contribution >= 0.6 is 0 Å². The summed E-state index contributed by atoms with van der Waals surface area (Å²) in [6.07, 6.45) is 8.35. The Morgan fingerprint density at radius 3 is 2.52 bits per heavy atom. The summed E-state index contributed by atoms with van der Waals surface area (Å²) in [5, 5.41) is 54.8. The van der Waals surface area contributed by atoms with Crippen LogP contribution < -0.4 is 11.5 Å². The Hall–Kier alpha value is -2.69. The summed E-state index contributed by atoms with van der Waals surface area (Å²) in [5.41, 5.74) is 14.9. The van der Waals surface area contributed by atoms with E-state index in [9.17, 15) is 30.3 Å². The molecule has 2 aliphatic rings. The summed E-state index contributed by atoms with van der Waals surface area (Å²) in [7, 11) is 0. The standard InChI is InChI=1S/C38H56N2O6/c1-24(2)14-15-33(43)25(3)9-6-12-29(23-42)31-17-19-38(35(31)45)32(13-8-20-41)30(16-18-37(38,5)46)26(4)34(44)22-27-10-7-11-28(21-27)36(39)40/h6-7,9-12,14,21,31-33,35-36,41-43,45-46H,3,8,13,15-20,22-23,39-40H2,1-2,4-5H3. The molecule has 0 saturated heterocycles. The maximum absolute atomic E-state index is 13.7. The molecule has 1 aromatic carbocycles. The van der Waals surface area contributed by atoms with Crippen LogP contribution in [0.15, 0.2) is 83.0 Å². The van der Waals surface area contributed by atoms with E-state index in [1.807, 2.05) is 51.1 Å². The minimum absolute atomic E-state index is 0.0412. The van der Waals surface area contributed by atoms with E-state index < -0.39 is 35.3 Å². The summed E-state index contributed by atoms with van der Waals surface area (Å²) in [6, 6.07) is 7.39. The summed E-state index contributed by atoms with van der Waals surface area (Å²) in [5.74, 6) is -0.794. The largest absolute Gasteiger partial charge is 0.396 e. The number of benzene rings is 1. The van der Waals surface area contributed by atoms with Gasteiger partial charge in [-0.15, -0.1) is 0 Å². The first kappa shape index (κ1) is 37.8. The number of hydrogen-bond acceptors (Lipinski definition) is 8. The fourth-order valence-corrected chi connectivity index (χ4v) is 7.67. The van der Waals surface area contributed by atoms with Gasteiger partial charge in [0.2, 0.25) is 0 Å². The average Bonchev–Trinajstić information content (AvgIpc) is 3.36. The molecule has 0 aromatic heterocycles. The Bertz CT molecular complexity index is 1350. The molecule has 9 N–H and O–H groups in total. The van der Waals surface area contributed by atoms with Gasteiger partial charge in [0.1, 0.15) is 0 Å². The lowest BCUT2D eigenvalue weighted by atomic mass is 9.52. The molecule has 2 aliphatic carbocycles. The molecule has 8 heteroatoms. The molecule has 254 valence electrons. The lowest BCUT2D eigenvalue weighted by Gasteiger charge is -2.55. The van der Waals surface area contributed by atoms with E-state index in [-0.39, 0.29) is 31.3 Å². The second-order valence-corrected chi connectivity index (χ2v) is 13.7. The van der Waals surface area contributed by atoms with Crippen LogP contribution in [0.1, 0.15) is 89.9 Å². The highest BCUT2D eigenvalue weighted by atomic mass is 16.3. The molecular formula is C38H56N2O6. The first-order valence-corrected chi connectivity index (χ1v) is 16.5.